The number of hydrogen-bond acceptors (Lipinski definition) is 5. The molecule has 0 bridgehead atoms. The predicted molar refractivity (Wildman–Crippen MR) is 82.3 cm³/mol. The first-order chi connectivity index (χ1) is 8.20. The molecule has 0 aromatic carbocycles. The molecule has 0 amide bonds. The summed E-state index contributed by atoms with van der Waals surface area (Å²) in [4.78, 5) is 1.31. The van der Waals surface area contributed by atoms with Gasteiger partial charge in [0.2, 0.25) is 0 Å². The van der Waals surface area contributed by atoms with Crippen LogP contribution in [0.1, 0.15) is 11.8 Å². The van der Waals surface area contributed by atoms with E-state index in [1.54, 1.807) is 11.3 Å². The molecule has 6 heteroatoms. The van der Waals surface area contributed by atoms with Crippen LogP contribution >= 0.6 is 46.5 Å². The van der Waals surface area contributed by atoms with E-state index in [0.29, 0.717) is 16.5 Å². The van der Waals surface area contributed by atoms with Gasteiger partial charge in [-0.05, 0) is 18.6 Å². The monoisotopic (exact) mass is 308 g/mol. The van der Waals surface area contributed by atoms with E-state index in [1.165, 1.54) is 16.4 Å². The molecular formula is C11H17ClN2S3. The zero-order chi connectivity index (χ0) is 12.3. The molecule has 1 aliphatic rings. The van der Waals surface area contributed by atoms with Crippen molar-refractivity contribution in [3.05, 3.63) is 21.3 Å². The Labute approximate surface area is 120 Å². The second kappa shape index (κ2) is 6.68. The van der Waals surface area contributed by atoms with Gasteiger partial charge in [-0.25, -0.2) is 0 Å². The Morgan fingerprint density at radius 3 is 2.82 bits per heavy atom. The number of thioether (sulfide) groups is 2. The van der Waals surface area contributed by atoms with Crippen molar-refractivity contribution in [2.24, 2.45) is 5.84 Å². The standard InChI is InChI=1S/C11H17ClN2S3/c1-7-11(16-5-4-15-7)9(14-13)6-8-2-3-10(12)17-8/h2-3,7,9,11,14H,4-6,13H2,1H3. The molecule has 96 valence electrons. The van der Waals surface area contributed by atoms with Gasteiger partial charge in [-0.15, -0.1) is 11.3 Å². The van der Waals surface area contributed by atoms with Gasteiger partial charge in [0.05, 0.1) is 4.34 Å². The second-order valence-corrected chi connectivity index (χ2v) is 8.67. The van der Waals surface area contributed by atoms with Gasteiger partial charge in [-0.1, -0.05) is 18.5 Å². The van der Waals surface area contributed by atoms with Gasteiger partial charge >= 0.3 is 0 Å². The molecule has 1 aliphatic heterocycles. The molecule has 1 saturated heterocycles. The van der Waals surface area contributed by atoms with E-state index < -0.39 is 0 Å². The first kappa shape index (κ1) is 14.0. The molecular weight excluding hydrogens is 292 g/mol. The summed E-state index contributed by atoms with van der Waals surface area (Å²) in [5, 5.41) is 1.24. The van der Waals surface area contributed by atoms with Crippen molar-refractivity contribution in [2.75, 3.05) is 11.5 Å². The van der Waals surface area contributed by atoms with Gasteiger partial charge in [0.1, 0.15) is 0 Å². The lowest BCUT2D eigenvalue weighted by Gasteiger charge is -2.33. The zero-order valence-electron chi connectivity index (χ0n) is 9.69. The second-order valence-electron chi connectivity index (χ2n) is 4.09. The number of rotatable bonds is 4. The number of halogens is 1. The van der Waals surface area contributed by atoms with E-state index in [4.69, 9.17) is 17.4 Å². The van der Waals surface area contributed by atoms with Crippen molar-refractivity contribution < 1.29 is 0 Å². The van der Waals surface area contributed by atoms with Gasteiger partial charge in [0.25, 0.3) is 0 Å². The smallest absolute Gasteiger partial charge is 0.0931 e. The third kappa shape index (κ3) is 3.78. The fourth-order valence-electron chi connectivity index (χ4n) is 2.04. The Morgan fingerprint density at radius 2 is 2.24 bits per heavy atom. The topological polar surface area (TPSA) is 38.0 Å². The zero-order valence-corrected chi connectivity index (χ0v) is 12.9. The summed E-state index contributed by atoms with van der Waals surface area (Å²) in [6, 6.07) is 4.39. The van der Waals surface area contributed by atoms with E-state index in [2.05, 4.69) is 18.4 Å². The van der Waals surface area contributed by atoms with Crippen LogP contribution in [0.2, 0.25) is 4.34 Å². The van der Waals surface area contributed by atoms with Crippen molar-refractivity contribution in [1.29, 1.82) is 0 Å². The highest BCUT2D eigenvalue weighted by molar-refractivity contribution is 8.07. The molecule has 1 aromatic heterocycles. The molecule has 3 unspecified atom stereocenters. The summed E-state index contributed by atoms with van der Waals surface area (Å²) in [6.07, 6.45) is 0.969. The van der Waals surface area contributed by atoms with Crippen LogP contribution in [0.25, 0.3) is 0 Å². The van der Waals surface area contributed by atoms with Crippen LogP contribution < -0.4 is 11.3 Å². The van der Waals surface area contributed by atoms with Gasteiger partial charge < -0.3 is 0 Å². The molecule has 2 heterocycles. The lowest BCUT2D eigenvalue weighted by Crippen LogP contribution is -2.48. The highest BCUT2D eigenvalue weighted by Gasteiger charge is 2.30. The maximum atomic E-state index is 5.96. The molecule has 3 N–H and O–H groups in total. The average Bonchev–Trinajstić information content (AvgIpc) is 2.73. The molecule has 0 radical (unpaired) electrons. The minimum Gasteiger partial charge on any atom is -0.271 e. The molecule has 2 nitrogen and oxygen atoms in total. The molecule has 0 saturated carbocycles. The fourth-order valence-corrected chi connectivity index (χ4v) is 6.13. The quantitative estimate of drug-likeness (QED) is 0.662. The Kier molecular flexibility index (Phi) is 5.51. The minimum atomic E-state index is 0.331. The summed E-state index contributed by atoms with van der Waals surface area (Å²) in [6.45, 7) is 2.30. The summed E-state index contributed by atoms with van der Waals surface area (Å²) in [5.41, 5.74) is 2.99. The van der Waals surface area contributed by atoms with Crippen LogP contribution in [0.15, 0.2) is 12.1 Å². The first-order valence-electron chi connectivity index (χ1n) is 5.64. The van der Waals surface area contributed by atoms with Gasteiger partial charge in [0, 0.05) is 32.9 Å². The third-order valence-electron chi connectivity index (χ3n) is 2.90. The molecule has 2 rings (SSSR count). The van der Waals surface area contributed by atoms with Crippen LogP contribution in [0.3, 0.4) is 0 Å². The molecule has 3 atom stereocenters. The number of nitrogens with two attached hydrogens (primary N) is 1. The maximum absolute atomic E-state index is 5.96. The Morgan fingerprint density at radius 1 is 1.47 bits per heavy atom. The van der Waals surface area contributed by atoms with Crippen LogP contribution in [-0.4, -0.2) is 28.0 Å². The first-order valence-corrected chi connectivity index (χ1v) is 8.93. The van der Waals surface area contributed by atoms with Crippen LogP contribution in [0.5, 0.6) is 0 Å². The Balaban J connectivity index is 2.00. The van der Waals surface area contributed by atoms with Crippen molar-refractivity contribution in [1.82, 2.24) is 5.43 Å². The summed E-state index contributed by atoms with van der Waals surface area (Å²) >= 11 is 11.7. The van der Waals surface area contributed by atoms with E-state index in [9.17, 15) is 0 Å². The maximum Gasteiger partial charge on any atom is 0.0931 e. The van der Waals surface area contributed by atoms with Crippen molar-refractivity contribution in [3.63, 3.8) is 0 Å². The van der Waals surface area contributed by atoms with Gasteiger partial charge in [-0.2, -0.15) is 23.5 Å². The van der Waals surface area contributed by atoms with Crippen LogP contribution in [0, 0.1) is 0 Å². The summed E-state index contributed by atoms with van der Waals surface area (Å²) in [7, 11) is 0. The molecule has 0 spiro atoms. The van der Waals surface area contributed by atoms with Crippen molar-refractivity contribution in [3.8, 4) is 0 Å². The van der Waals surface area contributed by atoms with E-state index in [-0.39, 0.29) is 0 Å². The number of hydrogen-bond donors (Lipinski definition) is 2. The number of thiophene rings is 1. The summed E-state index contributed by atoms with van der Waals surface area (Å²) in [5.74, 6) is 8.20. The van der Waals surface area contributed by atoms with E-state index in [0.717, 1.165) is 10.8 Å². The lowest BCUT2D eigenvalue weighted by molar-refractivity contribution is 0.504. The third-order valence-corrected chi connectivity index (χ3v) is 7.40. The SMILES string of the molecule is CC1SCCSC1C(Cc1ccc(Cl)s1)NN. The van der Waals surface area contributed by atoms with Crippen molar-refractivity contribution in [2.45, 2.75) is 29.9 Å². The van der Waals surface area contributed by atoms with Gasteiger partial charge in [-0.3, -0.25) is 11.3 Å². The average molecular weight is 309 g/mol. The van der Waals surface area contributed by atoms with Crippen LogP contribution in [-0.2, 0) is 6.42 Å². The molecule has 17 heavy (non-hydrogen) atoms. The Bertz CT molecular complexity index is 358. The summed E-state index contributed by atoms with van der Waals surface area (Å²) < 4.78 is 0.856. The van der Waals surface area contributed by atoms with Crippen LogP contribution in [0.4, 0.5) is 0 Å². The lowest BCUT2D eigenvalue weighted by atomic mass is 10.1. The molecule has 1 fully saturated rings. The number of nitrogens with one attached hydrogen (secondary N) is 1. The highest BCUT2D eigenvalue weighted by atomic mass is 35.5. The van der Waals surface area contributed by atoms with E-state index >= 15 is 0 Å². The number of hydrazine groups is 1. The predicted octanol–water partition coefficient (Wildman–Crippen LogP) is 3.01. The van der Waals surface area contributed by atoms with Gasteiger partial charge in [0.15, 0.2) is 0 Å². The normalized spacial score (nSPS) is 27.0. The largest absolute Gasteiger partial charge is 0.271 e. The molecule has 1 aromatic rings. The Hall–Kier alpha value is 0.610. The van der Waals surface area contributed by atoms with E-state index in [1.807, 2.05) is 29.6 Å². The molecule has 0 aliphatic carbocycles. The fraction of sp³-hybridized carbons (Fsp3) is 0.636. The minimum absolute atomic E-state index is 0.331. The van der Waals surface area contributed by atoms with Crippen molar-refractivity contribution >= 4 is 46.5 Å². The highest BCUT2D eigenvalue weighted by Crippen LogP contribution is 2.34.